The Labute approximate surface area is 113 Å². The fourth-order valence-corrected chi connectivity index (χ4v) is 1.53. The van der Waals surface area contributed by atoms with Gasteiger partial charge in [0.05, 0.1) is 24.6 Å². The molecule has 3 N–H and O–H groups in total. The number of anilines is 2. The fourth-order valence-electron chi connectivity index (χ4n) is 1.53. The normalized spacial score (nSPS) is 10.2. The molecule has 20 heavy (non-hydrogen) atoms. The Morgan fingerprint density at radius 1 is 1.30 bits per heavy atom. The van der Waals surface area contributed by atoms with Gasteiger partial charge in [-0.1, -0.05) is 0 Å². The van der Waals surface area contributed by atoms with Crippen LogP contribution < -0.4 is 15.8 Å². The molecule has 0 spiro atoms. The van der Waals surface area contributed by atoms with Crippen molar-refractivity contribution in [3.63, 3.8) is 0 Å². The molecule has 7 heteroatoms. The van der Waals surface area contributed by atoms with Gasteiger partial charge in [0.2, 0.25) is 5.88 Å². The summed E-state index contributed by atoms with van der Waals surface area (Å²) in [6.07, 6.45) is 1.37. The minimum Gasteiger partial charge on any atom is -0.481 e. The van der Waals surface area contributed by atoms with Gasteiger partial charge in [-0.15, -0.1) is 0 Å². The summed E-state index contributed by atoms with van der Waals surface area (Å²) in [4.78, 5) is 15.8. The number of halogens is 2. The molecule has 1 heterocycles. The SMILES string of the molecule is COc1ccc(NC(=O)c2cc(F)c(F)cc2N)cn1. The number of nitrogen functional groups attached to an aromatic ring is 1. The second-order valence-corrected chi connectivity index (χ2v) is 3.90. The average Bonchev–Trinajstić information content (AvgIpc) is 2.43. The number of carbonyl (C=O) groups is 1. The van der Waals surface area contributed by atoms with E-state index in [1.54, 1.807) is 12.1 Å². The van der Waals surface area contributed by atoms with Crippen molar-refractivity contribution in [2.75, 3.05) is 18.2 Å². The van der Waals surface area contributed by atoms with Crippen LogP contribution in [-0.4, -0.2) is 18.0 Å². The van der Waals surface area contributed by atoms with E-state index in [0.717, 1.165) is 12.1 Å². The molecule has 0 unspecified atom stereocenters. The van der Waals surface area contributed by atoms with Crippen molar-refractivity contribution in [3.8, 4) is 5.88 Å². The number of rotatable bonds is 3. The molecule has 5 nitrogen and oxygen atoms in total. The number of aromatic nitrogens is 1. The summed E-state index contributed by atoms with van der Waals surface area (Å²) in [5.41, 5.74) is 5.56. The van der Waals surface area contributed by atoms with Crippen LogP contribution in [0.5, 0.6) is 5.88 Å². The van der Waals surface area contributed by atoms with Crippen LogP contribution >= 0.6 is 0 Å². The van der Waals surface area contributed by atoms with Crippen LogP contribution in [0.25, 0.3) is 0 Å². The zero-order valence-electron chi connectivity index (χ0n) is 10.5. The van der Waals surface area contributed by atoms with Crippen LogP contribution in [0.2, 0.25) is 0 Å². The van der Waals surface area contributed by atoms with Crippen LogP contribution in [0.3, 0.4) is 0 Å². The highest BCUT2D eigenvalue weighted by Crippen LogP contribution is 2.19. The largest absolute Gasteiger partial charge is 0.481 e. The molecule has 0 aliphatic rings. The number of hydrogen-bond acceptors (Lipinski definition) is 4. The van der Waals surface area contributed by atoms with Gasteiger partial charge in [-0.25, -0.2) is 13.8 Å². The summed E-state index contributed by atoms with van der Waals surface area (Å²) in [5.74, 6) is -2.52. The number of nitrogens with two attached hydrogens (primary N) is 1. The predicted octanol–water partition coefficient (Wildman–Crippen LogP) is 2.20. The van der Waals surface area contributed by atoms with E-state index < -0.39 is 17.5 Å². The van der Waals surface area contributed by atoms with Gasteiger partial charge in [-0.2, -0.15) is 0 Å². The maximum atomic E-state index is 13.1. The van der Waals surface area contributed by atoms with Crippen molar-refractivity contribution < 1.29 is 18.3 Å². The highest BCUT2D eigenvalue weighted by Gasteiger charge is 2.14. The quantitative estimate of drug-likeness (QED) is 0.844. The Balaban J connectivity index is 2.21. The van der Waals surface area contributed by atoms with E-state index in [-0.39, 0.29) is 11.3 Å². The van der Waals surface area contributed by atoms with Gasteiger partial charge in [0, 0.05) is 17.8 Å². The lowest BCUT2D eigenvalue weighted by Crippen LogP contribution is -2.15. The molecule has 0 fully saturated rings. The van der Waals surface area contributed by atoms with Crippen LogP contribution in [-0.2, 0) is 0 Å². The standard InChI is InChI=1S/C13H11F2N3O2/c1-20-12-3-2-7(6-17-12)18-13(19)8-4-9(14)10(15)5-11(8)16/h2-6H,16H2,1H3,(H,18,19). The summed E-state index contributed by atoms with van der Waals surface area (Å²) in [5, 5.41) is 2.47. The van der Waals surface area contributed by atoms with Crippen molar-refractivity contribution >= 4 is 17.3 Å². The molecule has 2 rings (SSSR count). The Morgan fingerprint density at radius 3 is 2.60 bits per heavy atom. The number of ether oxygens (including phenoxy) is 1. The number of nitrogens with one attached hydrogen (secondary N) is 1. The maximum absolute atomic E-state index is 13.1. The van der Waals surface area contributed by atoms with Gasteiger partial charge >= 0.3 is 0 Å². The first kappa shape index (κ1) is 13.7. The topological polar surface area (TPSA) is 77.2 Å². The molecule has 1 aromatic carbocycles. The van der Waals surface area contributed by atoms with E-state index >= 15 is 0 Å². The van der Waals surface area contributed by atoms with Crippen LogP contribution in [0, 0.1) is 11.6 Å². The molecule has 1 aromatic heterocycles. The molecule has 104 valence electrons. The van der Waals surface area contributed by atoms with E-state index in [2.05, 4.69) is 10.3 Å². The van der Waals surface area contributed by atoms with E-state index in [1.165, 1.54) is 13.3 Å². The summed E-state index contributed by atoms with van der Waals surface area (Å²) in [7, 11) is 1.46. The van der Waals surface area contributed by atoms with Gasteiger partial charge in [0.15, 0.2) is 11.6 Å². The van der Waals surface area contributed by atoms with Gasteiger partial charge in [0.1, 0.15) is 0 Å². The van der Waals surface area contributed by atoms with Crippen LogP contribution in [0.4, 0.5) is 20.2 Å². The zero-order chi connectivity index (χ0) is 14.7. The smallest absolute Gasteiger partial charge is 0.257 e. The molecule has 0 bridgehead atoms. The molecule has 0 radical (unpaired) electrons. The van der Waals surface area contributed by atoms with Gasteiger partial charge < -0.3 is 15.8 Å². The van der Waals surface area contributed by atoms with Crippen molar-refractivity contribution in [1.29, 1.82) is 0 Å². The highest BCUT2D eigenvalue weighted by molar-refractivity contribution is 6.07. The first-order chi connectivity index (χ1) is 9.51. The van der Waals surface area contributed by atoms with Gasteiger partial charge in [-0.05, 0) is 12.1 Å². The number of carbonyl (C=O) groups excluding carboxylic acids is 1. The molecule has 2 aromatic rings. The third kappa shape index (κ3) is 2.82. The molecule has 0 aliphatic carbocycles. The maximum Gasteiger partial charge on any atom is 0.257 e. The molecular formula is C13H11F2N3O2. The molecule has 1 amide bonds. The van der Waals surface area contributed by atoms with E-state index in [9.17, 15) is 13.6 Å². The lowest BCUT2D eigenvalue weighted by atomic mass is 10.1. The lowest BCUT2D eigenvalue weighted by molar-refractivity contribution is 0.102. The lowest BCUT2D eigenvalue weighted by Gasteiger charge is -2.08. The van der Waals surface area contributed by atoms with E-state index in [0.29, 0.717) is 11.6 Å². The van der Waals surface area contributed by atoms with Crippen LogP contribution in [0.15, 0.2) is 30.5 Å². The van der Waals surface area contributed by atoms with E-state index in [4.69, 9.17) is 10.5 Å². The molecule has 0 aliphatic heterocycles. The zero-order valence-corrected chi connectivity index (χ0v) is 10.5. The Bertz CT molecular complexity index is 645. The van der Waals surface area contributed by atoms with Crippen molar-refractivity contribution in [2.24, 2.45) is 0 Å². The van der Waals surface area contributed by atoms with Gasteiger partial charge in [-0.3, -0.25) is 4.79 Å². The Hall–Kier alpha value is -2.70. The van der Waals surface area contributed by atoms with Gasteiger partial charge in [0.25, 0.3) is 5.91 Å². The monoisotopic (exact) mass is 279 g/mol. The third-order valence-corrected chi connectivity index (χ3v) is 2.54. The minimum absolute atomic E-state index is 0.150. The highest BCUT2D eigenvalue weighted by atomic mass is 19.2. The Kier molecular flexibility index (Phi) is 3.79. The number of pyridine rings is 1. The third-order valence-electron chi connectivity index (χ3n) is 2.54. The number of methoxy groups -OCH3 is 1. The van der Waals surface area contributed by atoms with Crippen molar-refractivity contribution in [2.45, 2.75) is 0 Å². The first-order valence-corrected chi connectivity index (χ1v) is 5.57. The molecular weight excluding hydrogens is 268 g/mol. The number of amides is 1. The fraction of sp³-hybridized carbons (Fsp3) is 0.0769. The van der Waals surface area contributed by atoms with Crippen LogP contribution in [0.1, 0.15) is 10.4 Å². The number of nitrogens with zero attached hydrogens (tertiary/aromatic N) is 1. The minimum atomic E-state index is -1.14. The second-order valence-electron chi connectivity index (χ2n) is 3.90. The summed E-state index contributed by atoms with van der Waals surface area (Å²) >= 11 is 0. The predicted molar refractivity (Wildman–Crippen MR) is 69.5 cm³/mol. The number of hydrogen-bond donors (Lipinski definition) is 2. The van der Waals surface area contributed by atoms with E-state index in [1.807, 2.05) is 0 Å². The number of benzene rings is 1. The Morgan fingerprint density at radius 2 is 2.00 bits per heavy atom. The molecule has 0 saturated carbocycles. The average molecular weight is 279 g/mol. The second kappa shape index (κ2) is 5.52. The molecule has 0 saturated heterocycles. The van der Waals surface area contributed by atoms with Crippen molar-refractivity contribution in [1.82, 2.24) is 4.98 Å². The molecule has 0 atom stereocenters. The summed E-state index contributed by atoms with van der Waals surface area (Å²) < 4.78 is 30.9. The van der Waals surface area contributed by atoms with Crippen molar-refractivity contribution in [3.05, 3.63) is 47.7 Å². The summed E-state index contributed by atoms with van der Waals surface area (Å²) in [6.45, 7) is 0. The first-order valence-electron chi connectivity index (χ1n) is 5.57. The summed E-state index contributed by atoms with van der Waals surface area (Å²) in [6, 6.07) is 4.61.